The quantitative estimate of drug-likeness (QED) is 0.851. The zero-order valence-corrected chi connectivity index (χ0v) is 9.71. The van der Waals surface area contributed by atoms with Crippen LogP contribution in [-0.2, 0) is 0 Å². The summed E-state index contributed by atoms with van der Waals surface area (Å²) < 4.78 is 0. The van der Waals surface area contributed by atoms with Gasteiger partial charge in [-0.3, -0.25) is 0 Å². The third-order valence-corrected chi connectivity index (χ3v) is 3.02. The highest BCUT2D eigenvalue weighted by Crippen LogP contribution is 2.19. The third-order valence-electron chi connectivity index (χ3n) is 2.32. The van der Waals surface area contributed by atoms with Crippen LogP contribution in [0.5, 0.6) is 0 Å². The number of pyridine rings is 1. The maximum Gasteiger partial charge on any atom is 0.126 e. The van der Waals surface area contributed by atoms with E-state index in [1.54, 1.807) is 11.3 Å². The largest absolute Gasteiger partial charge is 0.364 e. The van der Waals surface area contributed by atoms with E-state index in [9.17, 15) is 0 Å². The van der Waals surface area contributed by atoms with Crippen molar-refractivity contribution in [2.24, 2.45) is 0 Å². The van der Waals surface area contributed by atoms with Gasteiger partial charge < -0.3 is 5.32 Å². The number of anilines is 1. The molecule has 2 nitrogen and oxygen atoms in total. The first kappa shape index (κ1) is 10.2. The normalized spacial score (nSPS) is 12.4. The molecule has 3 heteroatoms. The monoisotopic (exact) mass is 218 g/mol. The molecule has 15 heavy (non-hydrogen) atoms. The molecule has 2 heterocycles. The van der Waals surface area contributed by atoms with Gasteiger partial charge in [0, 0.05) is 6.20 Å². The van der Waals surface area contributed by atoms with Crippen molar-refractivity contribution in [1.82, 2.24) is 4.98 Å². The molecule has 0 aliphatic carbocycles. The van der Waals surface area contributed by atoms with Crippen LogP contribution >= 0.6 is 11.3 Å². The average Bonchev–Trinajstić information content (AvgIpc) is 2.74. The Morgan fingerprint density at radius 3 is 2.80 bits per heavy atom. The van der Waals surface area contributed by atoms with E-state index in [1.165, 1.54) is 11.1 Å². The number of aryl methyl sites for hydroxylation is 1. The summed E-state index contributed by atoms with van der Waals surface area (Å²) in [6.45, 7) is 4.18. The number of nitrogens with one attached hydrogen (secondary N) is 1. The van der Waals surface area contributed by atoms with Gasteiger partial charge in [-0.25, -0.2) is 4.98 Å². The Labute approximate surface area is 94.0 Å². The van der Waals surface area contributed by atoms with E-state index in [4.69, 9.17) is 0 Å². The molecule has 0 aliphatic heterocycles. The maximum absolute atomic E-state index is 4.32. The fourth-order valence-corrected chi connectivity index (χ4v) is 2.13. The second-order valence-electron chi connectivity index (χ2n) is 3.64. The van der Waals surface area contributed by atoms with Crippen molar-refractivity contribution < 1.29 is 0 Å². The molecule has 0 aromatic carbocycles. The minimum atomic E-state index is 0.312. The highest BCUT2D eigenvalue weighted by atomic mass is 32.1. The zero-order chi connectivity index (χ0) is 10.7. The van der Waals surface area contributed by atoms with Crippen LogP contribution in [0, 0.1) is 6.92 Å². The van der Waals surface area contributed by atoms with Crippen LogP contribution < -0.4 is 5.32 Å². The van der Waals surface area contributed by atoms with Crippen LogP contribution in [0.15, 0.2) is 35.2 Å². The summed E-state index contributed by atoms with van der Waals surface area (Å²) in [6, 6.07) is 6.52. The van der Waals surface area contributed by atoms with Crippen LogP contribution in [0.25, 0.3) is 0 Å². The summed E-state index contributed by atoms with van der Waals surface area (Å²) in [5.41, 5.74) is 2.49. The van der Waals surface area contributed by atoms with Gasteiger partial charge in [0.2, 0.25) is 0 Å². The van der Waals surface area contributed by atoms with Gasteiger partial charge in [0.1, 0.15) is 5.82 Å². The standard InChI is InChI=1S/C12H14N2S/c1-9-3-4-12(13-7-9)14-10(2)11-5-6-15-8-11/h3-8,10H,1-2H3,(H,13,14). The SMILES string of the molecule is Cc1ccc(NC(C)c2ccsc2)nc1. The molecule has 1 unspecified atom stereocenters. The number of aromatic nitrogens is 1. The molecular weight excluding hydrogens is 204 g/mol. The van der Waals surface area contributed by atoms with Crippen molar-refractivity contribution in [3.63, 3.8) is 0 Å². The van der Waals surface area contributed by atoms with Gasteiger partial charge in [0.25, 0.3) is 0 Å². The van der Waals surface area contributed by atoms with Crippen molar-refractivity contribution >= 4 is 17.2 Å². The highest BCUT2D eigenvalue weighted by Gasteiger charge is 2.05. The van der Waals surface area contributed by atoms with E-state index < -0.39 is 0 Å². The van der Waals surface area contributed by atoms with Gasteiger partial charge in [-0.2, -0.15) is 11.3 Å². The van der Waals surface area contributed by atoms with Crippen LogP contribution in [-0.4, -0.2) is 4.98 Å². The van der Waals surface area contributed by atoms with Gasteiger partial charge in [0.15, 0.2) is 0 Å². The molecule has 0 fully saturated rings. The van der Waals surface area contributed by atoms with Crippen molar-refractivity contribution in [2.75, 3.05) is 5.32 Å². The zero-order valence-electron chi connectivity index (χ0n) is 8.90. The van der Waals surface area contributed by atoms with E-state index in [2.05, 4.69) is 40.1 Å². The Hall–Kier alpha value is -1.35. The molecule has 1 atom stereocenters. The van der Waals surface area contributed by atoms with Crippen LogP contribution in [0.4, 0.5) is 5.82 Å². The fraction of sp³-hybridized carbons (Fsp3) is 0.250. The van der Waals surface area contributed by atoms with E-state index in [0.29, 0.717) is 6.04 Å². The van der Waals surface area contributed by atoms with Gasteiger partial charge in [-0.1, -0.05) is 6.07 Å². The van der Waals surface area contributed by atoms with Crippen molar-refractivity contribution in [3.05, 3.63) is 46.3 Å². The van der Waals surface area contributed by atoms with Crippen molar-refractivity contribution in [1.29, 1.82) is 0 Å². The molecule has 2 rings (SSSR count). The first-order chi connectivity index (χ1) is 7.25. The molecular formula is C12H14N2S. The summed E-state index contributed by atoms with van der Waals surface area (Å²) in [5, 5.41) is 7.62. The molecule has 0 saturated heterocycles. The fourth-order valence-electron chi connectivity index (χ4n) is 1.38. The second kappa shape index (κ2) is 4.45. The van der Waals surface area contributed by atoms with E-state index in [1.807, 2.05) is 19.2 Å². The number of rotatable bonds is 3. The lowest BCUT2D eigenvalue weighted by molar-refractivity contribution is 0.879. The summed E-state index contributed by atoms with van der Waals surface area (Å²) >= 11 is 1.72. The summed E-state index contributed by atoms with van der Waals surface area (Å²) in [6.07, 6.45) is 1.88. The molecule has 2 aromatic rings. The number of hydrogen-bond acceptors (Lipinski definition) is 3. The Morgan fingerprint density at radius 2 is 2.20 bits per heavy atom. The minimum Gasteiger partial charge on any atom is -0.364 e. The lowest BCUT2D eigenvalue weighted by Crippen LogP contribution is -2.06. The Kier molecular flexibility index (Phi) is 3.02. The molecule has 0 spiro atoms. The molecule has 78 valence electrons. The van der Waals surface area contributed by atoms with Gasteiger partial charge >= 0.3 is 0 Å². The summed E-state index contributed by atoms with van der Waals surface area (Å²) in [5.74, 6) is 0.930. The van der Waals surface area contributed by atoms with E-state index >= 15 is 0 Å². The van der Waals surface area contributed by atoms with Crippen molar-refractivity contribution in [2.45, 2.75) is 19.9 Å². The minimum absolute atomic E-state index is 0.312. The first-order valence-corrected chi connectivity index (χ1v) is 5.91. The molecule has 1 N–H and O–H groups in total. The topological polar surface area (TPSA) is 24.9 Å². The van der Waals surface area contributed by atoms with Gasteiger partial charge in [-0.05, 0) is 47.9 Å². The number of thiophene rings is 1. The first-order valence-electron chi connectivity index (χ1n) is 4.97. The molecule has 0 aliphatic rings. The number of nitrogens with zero attached hydrogens (tertiary/aromatic N) is 1. The Morgan fingerprint density at radius 1 is 1.33 bits per heavy atom. The lowest BCUT2D eigenvalue weighted by atomic mass is 10.2. The molecule has 0 saturated carbocycles. The predicted molar refractivity (Wildman–Crippen MR) is 65.3 cm³/mol. The molecule has 0 amide bonds. The third kappa shape index (κ3) is 2.57. The Bertz CT molecular complexity index is 406. The number of hydrogen-bond donors (Lipinski definition) is 1. The average molecular weight is 218 g/mol. The van der Waals surface area contributed by atoms with Crippen LogP contribution in [0.1, 0.15) is 24.1 Å². The Balaban J connectivity index is 2.06. The smallest absolute Gasteiger partial charge is 0.126 e. The molecule has 0 radical (unpaired) electrons. The maximum atomic E-state index is 4.32. The lowest BCUT2D eigenvalue weighted by Gasteiger charge is -2.12. The summed E-state index contributed by atoms with van der Waals surface area (Å²) in [7, 11) is 0. The molecule has 2 aromatic heterocycles. The highest BCUT2D eigenvalue weighted by molar-refractivity contribution is 7.07. The van der Waals surface area contributed by atoms with E-state index in [0.717, 1.165) is 5.82 Å². The van der Waals surface area contributed by atoms with Crippen molar-refractivity contribution in [3.8, 4) is 0 Å². The van der Waals surface area contributed by atoms with Gasteiger partial charge in [0.05, 0.1) is 6.04 Å². The summed E-state index contributed by atoms with van der Waals surface area (Å²) in [4.78, 5) is 4.32. The molecule has 0 bridgehead atoms. The van der Waals surface area contributed by atoms with Crippen LogP contribution in [0.2, 0.25) is 0 Å². The van der Waals surface area contributed by atoms with E-state index in [-0.39, 0.29) is 0 Å². The second-order valence-corrected chi connectivity index (χ2v) is 4.42. The predicted octanol–water partition coefficient (Wildman–Crippen LogP) is 3.62. The van der Waals surface area contributed by atoms with Crippen LogP contribution in [0.3, 0.4) is 0 Å². The van der Waals surface area contributed by atoms with Gasteiger partial charge in [-0.15, -0.1) is 0 Å².